The van der Waals surface area contributed by atoms with Crippen molar-refractivity contribution in [2.24, 2.45) is 11.8 Å². The van der Waals surface area contributed by atoms with Gasteiger partial charge in [-0.15, -0.1) is 0 Å². The molecule has 1 heterocycles. The van der Waals surface area contributed by atoms with Crippen molar-refractivity contribution in [3.8, 4) is 0 Å². The number of hydrogen-bond acceptors (Lipinski definition) is 4. The van der Waals surface area contributed by atoms with Crippen molar-refractivity contribution in [2.45, 2.75) is 12.8 Å². The molecule has 1 atom stereocenters. The Morgan fingerprint density at radius 3 is 3.05 bits per heavy atom. The third-order valence-electron chi connectivity index (χ3n) is 3.21. The molecule has 19 heavy (non-hydrogen) atoms. The van der Waals surface area contributed by atoms with Crippen molar-refractivity contribution in [3.63, 3.8) is 0 Å². The van der Waals surface area contributed by atoms with Crippen molar-refractivity contribution >= 4 is 11.6 Å². The van der Waals surface area contributed by atoms with E-state index in [-0.39, 0.29) is 17.2 Å². The SMILES string of the molecule is NNc1c(F)cccc1C(=O)NCC1CCCOC1. The van der Waals surface area contributed by atoms with Gasteiger partial charge in [-0.1, -0.05) is 6.07 Å². The van der Waals surface area contributed by atoms with Crippen LogP contribution in [0.4, 0.5) is 10.1 Å². The van der Waals surface area contributed by atoms with E-state index in [1.165, 1.54) is 18.2 Å². The van der Waals surface area contributed by atoms with Gasteiger partial charge in [0, 0.05) is 13.2 Å². The number of rotatable bonds is 4. The molecular weight excluding hydrogens is 249 g/mol. The Balaban J connectivity index is 1.97. The molecule has 6 heteroatoms. The van der Waals surface area contributed by atoms with Gasteiger partial charge in [0.15, 0.2) is 0 Å². The Hall–Kier alpha value is -1.66. The highest BCUT2D eigenvalue weighted by Gasteiger charge is 2.18. The quantitative estimate of drug-likeness (QED) is 0.567. The molecule has 0 radical (unpaired) electrons. The number of halogens is 1. The predicted molar refractivity (Wildman–Crippen MR) is 70.1 cm³/mol. The Morgan fingerprint density at radius 1 is 1.53 bits per heavy atom. The van der Waals surface area contributed by atoms with Crippen molar-refractivity contribution in [1.82, 2.24) is 5.32 Å². The molecule has 2 rings (SSSR count). The fourth-order valence-electron chi connectivity index (χ4n) is 2.16. The van der Waals surface area contributed by atoms with E-state index in [2.05, 4.69) is 10.7 Å². The smallest absolute Gasteiger partial charge is 0.253 e. The number of nitrogens with two attached hydrogens (primary N) is 1. The monoisotopic (exact) mass is 267 g/mol. The van der Waals surface area contributed by atoms with E-state index in [1.54, 1.807) is 0 Å². The number of carbonyl (C=O) groups excluding carboxylic acids is 1. The van der Waals surface area contributed by atoms with Gasteiger partial charge >= 0.3 is 0 Å². The minimum Gasteiger partial charge on any atom is -0.381 e. The summed E-state index contributed by atoms with van der Waals surface area (Å²) in [5, 5.41) is 2.79. The molecule has 1 fully saturated rings. The maximum absolute atomic E-state index is 13.5. The highest BCUT2D eigenvalue weighted by Crippen LogP contribution is 2.19. The molecule has 1 amide bonds. The summed E-state index contributed by atoms with van der Waals surface area (Å²) < 4.78 is 18.8. The number of para-hydroxylation sites is 1. The summed E-state index contributed by atoms with van der Waals surface area (Å²) in [4.78, 5) is 12.0. The molecule has 1 saturated heterocycles. The van der Waals surface area contributed by atoms with Gasteiger partial charge in [0.25, 0.3) is 5.91 Å². The highest BCUT2D eigenvalue weighted by molar-refractivity contribution is 5.99. The first-order chi connectivity index (χ1) is 9.22. The van der Waals surface area contributed by atoms with Gasteiger partial charge in [-0.2, -0.15) is 0 Å². The summed E-state index contributed by atoms with van der Waals surface area (Å²) in [5.74, 6) is 4.68. The zero-order valence-corrected chi connectivity index (χ0v) is 10.6. The van der Waals surface area contributed by atoms with E-state index < -0.39 is 5.82 Å². The van der Waals surface area contributed by atoms with Crippen LogP contribution in [0.2, 0.25) is 0 Å². The van der Waals surface area contributed by atoms with Gasteiger partial charge in [-0.25, -0.2) is 4.39 Å². The molecule has 0 saturated carbocycles. The summed E-state index contributed by atoms with van der Waals surface area (Å²) >= 11 is 0. The van der Waals surface area contributed by atoms with Crippen LogP contribution in [0.1, 0.15) is 23.2 Å². The molecule has 1 aromatic rings. The highest BCUT2D eigenvalue weighted by atomic mass is 19.1. The topological polar surface area (TPSA) is 76.4 Å². The summed E-state index contributed by atoms with van der Waals surface area (Å²) in [6.45, 7) is 1.97. The summed E-state index contributed by atoms with van der Waals surface area (Å²) in [5.41, 5.74) is 2.44. The zero-order chi connectivity index (χ0) is 13.7. The van der Waals surface area contributed by atoms with Gasteiger partial charge in [-0.05, 0) is 30.9 Å². The van der Waals surface area contributed by atoms with Gasteiger partial charge in [0.05, 0.1) is 17.9 Å². The standard InChI is InChI=1S/C13H18FN3O2/c14-11-5-1-4-10(12(11)17-15)13(18)16-7-9-3-2-6-19-8-9/h1,4-5,9,17H,2-3,6-8,15H2,(H,16,18). The van der Waals surface area contributed by atoms with Crippen molar-refractivity contribution < 1.29 is 13.9 Å². The third-order valence-corrected chi connectivity index (χ3v) is 3.21. The Bertz CT molecular complexity index is 448. The minimum atomic E-state index is -0.545. The van der Waals surface area contributed by atoms with Crippen LogP contribution >= 0.6 is 0 Å². The average molecular weight is 267 g/mol. The van der Waals surface area contributed by atoms with Crippen molar-refractivity contribution in [3.05, 3.63) is 29.6 Å². The molecule has 1 aliphatic heterocycles. The Morgan fingerprint density at radius 2 is 2.37 bits per heavy atom. The van der Waals surface area contributed by atoms with E-state index in [9.17, 15) is 9.18 Å². The lowest BCUT2D eigenvalue weighted by Crippen LogP contribution is -2.33. The lowest BCUT2D eigenvalue weighted by atomic mass is 10.0. The van der Waals surface area contributed by atoms with Crippen LogP contribution in [0.15, 0.2) is 18.2 Å². The van der Waals surface area contributed by atoms with E-state index in [4.69, 9.17) is 10.6 Å². The summed E-state index contributed by atoms with van der Waals surface area (Å²) in [7, 11) is 0. The number of nitrogens with one attached hydrogen (secondary N) is 2. The molecule has 104 valence electrons. The van der Waals surface area contributed by atoms with Gasteiger partial charge in [0.2, 0.25) is 0 Å². The number of carbonyl (C=O) groups is 1. The first-order valence-corrected chi connectivity index (χ1v) is 6.33. The number of nitrogen functional groups attached to an aromatic ring is 1. The van der Waals surface area contributed by atoms with Crippen LogP contribution in [0, 0.1) is 11.7 Å². The Kier molecular flexibility index (Phi) is 4.70. The number of hydrazine groups is 1. The van der Waals surface area contributed by atoms with Crippen LogP contribution in [-0.4, -0.2) is 25.7 Å². The molecule has 5 nitrogen and oxygen atoms in total. The second-order valence-corrected chi connectivity index (χ2v) is 4.60. The van der Waals surface area contributed by atoms with Crippen LogP contribution in [0.3, 0.4) is 0 Å². The molecule has 0 aliphatic carbocycles. The van der Waals surface area contributed by atoms with E-state index >= 15 is 0 Å². The minimum absolute atomic E-state index is 0.0138. The van der Waals surface area contributed by atoms with Crippen LogP contribution in [-0.2, 0) is 4.74 Å². The molecule has 1 aliphatic rings. The summed E-state index contributed by atoms with van der Waals surface area (Å²) in [6, 6.07) is 4.26. The lowest BCUT2D eigenvalue weighted by Gasteiger charge is -2.22. The largest absolute Gasteiger partial charge is 0.381 e. The Labute approximate surface area is 111 Å². The van der Waals surface area contributed by atoms with Gasteiger partial charge < -0.3 is 15.5 Å². The van der Waals surface area contributed by atoms with Crippen molar-refractivity contribution in [2.75, 3.05) is 25.2 Å². The normalized spacial score (nSPS) is 18.9. The number of hydrogen-bond donors (Lipinski definition) is 3. The second kappa shape index (κ2) is 6.49. The van der Waals surface area contributed by atoms with Crippen molar-refractivity contribution in [1.29, 1.82) is 0 Å². The molecule has 1 aromatic carbocycles. The molecule has 0 aromatic heterocycles. The first kappa shape index (κ1) is 13.8. The van der Waals surface area contributed by atoms with E-state index in [0.717, 1.165) is 19.4 Å². The molecule has 0 bridgehead atoms. The third kappa shape index (κ3) is 3.42. The molecule has 0 spiro atoms. The average Bonchev–Trinajstić information content (AvgIpc) is 2.45. The number of amides is 1. The predicted octanol–water partition coefficient (Wildman–Crippen LogP) is 1.27. The van der Waals surface area contributed by atoms with Crippen LogP contribution in [0.5, 0.6) is 0 Å². The second-order valence-electron chi connectivity index (χ2n) is 4.60. The van der Waals surface area contributed by atoms with E-state index in [0.29, 0.717) is 19.1 Å². The fraction of sp³-hybridized carbons (Fsp3) is 0.462. The first-order valence-electron chi connectivity index (χ1n) is 6.33. The molecule has 1 unspecified atom stereocenters. The van der Waals surface area contributed by atoms with Crippen LogP contribution < -0.4 is 16.6 Å². The maximum atomic E-state index is 13.5. The fourth-order valence-corrected chi connectivity index (χ4v) is 2.16. The number of benzene rings is 1. The van der Waals surface area contributed by atoms with Gasteiger partial charge in [0.1, 0.15) is 5.82 Å². The zero-order valence-electron chi connectivity index (χ0n) is 10.6. The lowest BCUT2D eigenvalue weighted by molar-refractivity contribution is 0.0536. The van der Waals surface area contributed by atoms with Crippen LogP contribution in [0.25, 0.3) is 0 Å². The molecule has 4 N–H and O–H groups in total. The van der Waals surface area contributed by atoms with E-state index in [1.807, 2.05) is 0 Å². The maximum Gasteiger partial charge on any atom is 0.253 e. The number of ether oxygens (including phenoxy) is 1. The van der Waals surface area contributed by atoms with Gasteiger partial charge in [-0.3, -0.25) is 10.6 Å². The summed E-state index contributed by atoms with van der Waals surface area (Å²) in [6.07, 6.45) is 2.04. The number of anilines is 1. The molecular formula is C13H18FN3O2.